The SMILES string of the molecule is COc1cc(C(=O)OCCc2ccc(O)cc2)ccc1O. The second-order valence-electron chi connectivity index (χ2n) is 4.44. The third-order valence-corrected chi connectivity index (χ3v) is 2.98. The summed E-state index contributed by atoms with van der Waals surface area (Å²) in [5.41, 5.74) is 1.28. The van der Waals surface area contributed by atoms with Crippen molar-refractivity contribution >= 4 is 5.97 Å². The highest BCUT2D eigenvalue weighted by atomic mass is 16.5. The van der Waals surface area contributed by atoms with E-state index in [1.807, 2.05) is 0 Å². The molecule has 2 N–H and O–H groups in total. The van der Waals surface area contributed by atoms with E-state index in [0.717, 1.165) is 5.56 Å². The number of phenolic OH excluding ortho intramolecular Hbond substituents is 2. The van der Waals surface area contributed by atoms with Crippen molar-refractivity contribution in [2.45, 2.75) is 6.42 Å². The van der Waals surface area contributed by atoms with E-state index in [1.165, 1.54) is 25.3 Å². The Morgan fingerprint density at radius 1 is 1.10 bits per heavy atom. The van der Waals surface area contributed by atoms with Crippen LogP contribution in [-0.2, 0) is 11.2 Å². The second kappa shape index (κ2) is 6.65. The van der Waals surface area contributed by atoms with Crippen LogP contribution in [0, 0.1) is 0 Å². The molecule has 2 aromatic carbocycles. The molecule has 110 valence electrons. The zero-order valence-corrected chi connectivity index (χ0v) is 11.6. The van der Waals surface area contributed by atoms with Crippen LogP contribution in [-0.4, -0.2) is 29.9 Å². The predicted molar refractivity (Wildman–Crippen MR) is 76.8 cm³/mol. The lowest BCUT2D eigenvalue weighted by molar-refractivity contribution is 0.0509. The minimum Gasteiger partial charge on any atom is -0.508 e. The number of methoxy groups -OCH3 is 1. The lowest BCUT2D eigenvalue weighted by Crippen LogP contribution is -2.08. The molecule has 5 heteroatoms. The molecule has 21 heavy (non-hydrogen) atoms. The van der Waals surface area contributed by atoms with Crippen molar-refractivity contribution in [1.29, 1.82) is 0 Å². The fourth-order valence-electron chi connectivity index (χ4n) is 1.81. The Balaban J connectivity index is 1.91. The van der Waals surface area contributed by atoms with E-state index in [9.17, 15) is 15.0 Å². The smallest absolute Gasteiger partial charge is 0.338 e. The van der Waals surface area contributed by atoms with E-state index in [-0.39, 0.29) is 23.9 Å². The van der Waals surface area contributed by atoms with Crippen LogP contribution in [0.2, 0.25) is 0 Å². The van der Waals surface area contributed by atoms with E-state index in [4.69, 9.17) is 9.47 Å². The molecule has 0 saturated heterocycles. The molecule has 0 fully saturated rings. The largest absolute Gasteiger partial charge is 0.508 e. The summed E-state index contributed by atoms with van der Waals surface area (Å²) in [4.78, 5) is 11.9. The first-order valence-electron chi connectivity index (χ1n) is 6.42. The monoisotopic (exact) mass is 288 g/mol. The summed E-state index contributed by atoms with van der Waals surface area (Å²) in [5, 5.41) is 18.6. The molecular weight excluding hydrogens is 272 g/mol. The average Bonchev–Trinajstić information content (AvgIpc) is 2.49. The minimum absolute atomic E-state index is 0.0295. The molecule has 0 saturated carbocycles. The second-order valence-corrected chi connectivity index (χ2v) is 4.44. The van der Waals surface area contributed by atoms with Gasteiger partial charge in [-0.3, -0.25) is 0 Å². The van der Waals surface area contributed by atoms with Crippen LogP contribution < -0.4 is 4.74 Å². The first-order chi connectivity index (χ1) is 10.1. The Morgan fingerprint density at radius 2 is 1.81 bits per heavy atom. The molecule has 0 aliphatic carbocycles. The Hall–Kier alpha value is -2.69. The van der Waals surface area contributed by atoms with Crippen LogP contribution >= 0.6 is 0 Å². The van der Waals surface area contributed by atoms with E-state index in [2.05, 4.69) is 0 Å². The van der Waals surface area contributed by atoms with Gasteiger partial charge in [-0.05, 0) is 35.9 Å². The van der Waals surface area contributed by atoms with Gasteiger partial charge in [0.05, 0.1) is 19.3 Å². The molecule has 0 spiro atoms. The molecule has 0 heterocycles. The van der Waals surface area contributed by atoms with Gasteiger partial charge in [0.2, 0.25) is 0 Å². The maximum atomic E-state index is 11.9. The average molecular weight is 288 g/mol. The van der Waals surface area contributed by atoms with Gasteiger partial charge in [-0.1, -0.05) is 12.1 Å². The van der Waals surface area contributed by atoms with Crippen molar-refractivity contribution in [3.05, 3.63) is 53.6 Å². The summed E-state index contributed by atoms with van der Waals surface area (Å²) >= 11 is 0. The number of benzene rings is 2. The Morgan fingerprint density at radius 3 is 2.48 bits per heavy atom. The fraction of sp³-hybridized carbons (Fsp3) is 0.188. The van der Waals surface area contributed by atoms with Crippen LogP contribution in [0.4, 0.5) is 0 Å². The first-order valence-corrected chi connectivity index (χ1v) is 6.42. The maximum absolute atomic E-state index is 11.9. The van der Waals surface area contributed by atoms with Gasteiger partial charge in [-0.15, -0.1) is 0 Å². The van der Waals surface area contributed by atoms with E-state index >= 15 is 0 Å². The van der Waals surface area contributed by atoms with Gasteiger partial charge in [0.1, 0.15) is 5.75 Å². The topological polar surface area (TPSA) is 76.0 Å². The third-order valence-electron chi connectivity index (χ3n) is 2.98. The number of esters is 1. The lowest BCUT2D eigenvalue weighted by Gasteiger charge is -2.07. The number of phenols is 2. The zero-order chi connectivity index (χ0) is 15.2. The van der Waals surface area contributed by atoms with Crippen LogP contribution in [0.3, 0.4) is 0 Å². The van der Waals surface area contributed by atoms with Gasteiger partial charge >= 0.3 is 5.97 Å². The number of hydrogen-bond donors (Lipinski definition) is 2. The van der Waals surface area contributed by atoms with Gasteiger partial charge in [0, 0.05) is 6.42 Å². The summed E-state index contributed by atoms with van der Waals surface area (Å²) in [5.74, 6) is -0.0832. The number of carbonyl (C=O) groups excluding carboxylic acids is 1. The molecule has 0 unspecified atom stereocenters. The highest BCUT2D eigenvalue weighted by molar-refractivity contribution is 5.90. The molecule has 0 aliphatic rings. The number of carbonyl (C=O) groups is 1. The molecule has 0 bridgehead atoms. The zero-order valence-electron chi connectivity index (χ0n) is 11.6. The van der Waals surface area contributed by atoms with Crippen LogP contribution in [0.1, 0.15) is 15.9 Å². The highest BCUT2D eigenvalue weighted by Crippen LogP contribution is 2.26. The number of aromatic hydroxyl groups is 2. The van der Waals surface area contributed by atoms with Gasteiger partial charge in [0.25, 0.3) is 0 Å². The van der Waals surface area contributed by atoms with Crippen molar-refractivity contribution in [2.75, 3.05) is 13.7 Å². The van der Waals surface area contributed by atoms with Gasteiger partial charge in [0.15, 0.2) is 11.5 Å². The van der Waals surface area contributed by atoms with Crippen molar-refractivity contribution in [1.82, 2.24) is 0 Å². The molecule has 0 amide bonds. The number of rotatable bonds is 5. The molecule has 0 atom stereocenters. The predicted octanol–water partition coefficient (Wildman–Crippen LogP) is 2.51. The number of ether oxygens (including phenoxy) is 2. The van der Waals surface area contributed by atoms with Crippen LogP contribution in [0.5, 0.6) is 17.2 Å². The Bertz CT molecular complexity index is 619. The van der Waals surface area contributed by atoms with Crippen molar-refractivity contribution in [3.63, 3.8) is 0 Å². The standard InChI is InChI=1S/C16H16O5/c1-20-15-10-12(4-7-14(15)18)16(19)21-9-8-11-2-5-13(17)6-3-11/h2-7,10,17-18H,8-9H2,1H3. The molecule has 0 radical (unpaired) electrons. The van der Waals surface area contributed by atoms with E-state index in [1.54, 1.807) is 24.3 Å². The third kappa shape index (κ3) is 3.89. The maximum Gasteiger partial charge on any atom is 0.338 e. The van der Waals surface area contributed by atoms with Gasteiger partial charge < -0.3 is 19.7 Å². The van der Waals surface area contributed by atoms with Crippen LogP contribution in [0.15, 0.2) is 42.5 Å². The van der Waals surface area contributed by atoms with E-state index < -0.39 is 5.97 Å². The lowest BCUT2D eigenvalue weighted by atomic mass is 10.1. The van der Waals surface area contributed by atoms with Crippen molar-refractivity contribution in [2.24, 2.45) is 0 Å². The molecule has 2 rings (SSSR count). The molecule has 2 aromatic rings. The normalized spacial score (nSPS) is 10.1. The summed E-state index contributed by atoms with van der Waals surface area (Å²) in [6.45, 7) is 0.229. The Kier molecular flexibility index (Phi) is 4.66. The quantitative estimate of drug-likeness (QED) is 0.827. The minimum atomic E-state index is -0.480. The Labute approximate surface area is 122 Å². The first kappa shape index (κ1) is 14.7. The van der Waals surface area contributed by atoms with Gasteiger partial charge in [-0.25, -0.2) is 4.79 Å². The van der Waals surface area contributed by atoms with Crippen LogP contribution in [0.25, 0.3) is 0 Å². The van der Waals surface area contributed by atoms with Crippen molar-refractivity contribution < 1.29 is 24.5 Å². The summed E-state index contributed by atoms with van der Waals surface area (Å²) in [7, 11) is 1.41. The molecule has 0 aliphatic heterocycles. The van der Waals surface area contributed by atoms with E-state index in [0.29, 0.717) is 12.0 Å². The molecular formula is C16H16O5. The molecule has 0 aromatic heterocycles. The summed E-state index contributed by atoms with van der Waals surface area (Å²) < 4.78 is 10.1. The fourth-order valence-corrected chi connectivity index (χ4v) is 1.81. The van der Waals surface area contributed by atoms with Crippen molar-refractivity contribution in [3.8, 4) is 17.2 Å². The summed E-state index contributed by atoms with van der Waals surface area (Å²) in [6.07, 6.45) is 0.557. The summed E-state index contributed by atoms with van der Waals surface area (Å²) in [6, 6.07) is 11.0. The molecule has 5 nitrogen and oxygen atoms in total. The number of hydrogen-bond acceptors (Lipinski definition) is 5. The van der Waals surface area contributed by atoms with Gasteiger partial charge in [-0.2, -0.15) is 0 Å². The highest BCUT2D eigenvalue weighted by Gasteiger charge is 2.11.